The molecule has 0 aliphatic heterocycles. The van der Waals surface area contributed by atoms with Gasteiger partial charge in [-0.15, -0.1) is 0 Å². The normalized spacial score (nSPS) is 10.1. The Balaban J connectivity index is 2.08. The van der Waals surface area contributed by atoms with Gasteiger partial charge in [0.2, 0.25) is 5.91 Å². The molecular weight excluding hydrogens is 323 g/mol. The van der Waals surface area contributed by atoms with E-state index in [1.807, 2.05) is 0 Å². The Hall–Kier alpha value is -2.04. The van der Waals surface area contributed by atoms with E-state index in [2.05, 4.69) is 10.6 Å². The molecule has 114 valence electrons. The van der Waals surface area contributed by atoms with Crippen molar-refractivity contribution in [1.82, 2.24) is 0 Å². The van der Waals surface area contributed by atoms with E-state index in [4.69, 9.17) is 23.2 Å². The van der Waals surface area contributed by atoms with Crippen molar-refractivity contribution in [3.05, 3.63) is 58.1 Å². The zero-order valence-electron chi connectivity index (χ0n) is 11.8. The van der Waals surface area contributed by atoms with Gasteiger partial charge in [0.15, 0.2) is 0 Å². The number of carbonyl (C=O) groups excluding carboxylic acids is 2. The Morgan fingerprint density at radius 2 is 1.50 bits per heavy atom. The second-order valence-electron chi connectivity index (χ2n) is 4.59. The summed E-state index contributed by atoms with van der Waals surface area (Å²) in [6.45, 7) is 1.77. The quantitative estimate of drug-likeness (QED) is 0.857. The molecule has 2 N–H and O–H groups in total. The van der Waals surface area contributed by atoms with Crippen LogP contribution in [-0.2, 0) is 4.79 Å². The van der Waals surface area contributed by atoms with Crippen LogP contribution in [0.3, 0.4) is 0 Å². The van der Waals surface area contributed by atoms with Crippen molar-refractivity contribution in [3.63, 3.8) is 0 Å². The summed E-state index contributed by atoms with van der Waals surface area (Å²) >= 11 is 11.8. The molecule has 2 rings (SSSR count). The van der Waals surface area contributed by atoms with Crippen LogP contribution < -0.4 is 10.6 Å². The first-order valence-corrected chi connectivity index (χ1v) is 7.41. The lowest BCUT2D eigenvalue weighted by Crippen LogP contribution is -2.13. The van der Waals surface area contributed by atoms with Crippen LogP contribution >= 0.6 is 23.2 Å². The highest BCUT2D eigenvalue weighted by molar-refractivity contribution is 6.35. The summed E-state index contributed by atoms with van der Waals surface area (Å²) in [6, 6.07) is 11.4. The summed E-state index contributed by atoms with van der Waals surface area (Å²) < 4.78 is 0. The summed E-state index contributed by atoms with van der Waals surface area (Å²) in [7, 11) is 0. The first-order chi connectivity index (χ1) is 10.5. The predicted octanol–water partition coefficient (Wildman–Crippen LogP) is 4.59. The van der Waals surface area contributed by atoms with Gasteiger partial charge >= 0.3 is 0 Å². The van der Waals surface area contributed by atoms with Gasteiger partial charge in [-0.1, -0.05) is 30.1 Å². The van der Waals surface area contributed by atoms with Gasteiger partial charge in [0.1, 0.15) is 0 Å². The zero-order chi connectivity index (χ0) is 16.1. The molecule has 0 aliphatic rings. The molecular formula is C16H14Cl2N2O2. The third-order valence-electron chi connectivity index (χ3n) is 2.87. The summed E-state index contributed by atoms with van der Waals surface area (Å²) in [4.78, 5) is 23.4. The van der Waals surface area contributed by atoms with E-state index in [1.54, 1.807) is 49.4 Å². The van der Waals surface area contributed by atoms with Gasteiger partial charge in [-0.2, -0.15) is 0 Å². The van der Waals surface area contributed by atoms with Gasteiger partial charge in [-0.05, 0) is 42.5 Å². The molecule has 2 aromatic carbocycles. The predicted molar refractivity (Wildman–Crippen MR) is 89.8 cm³/mol. The van der Waals surface area contributed by atoms with Gasteiger partial charge in [0, 0.05) is 33.4 Å². The molecule has 4 nitrogen and oxygen atoms in total. The minimum absolute atomic E-state index is 0.0780. The number of anilines is 2. The van der Waals surface area contributed by atoms with Crippen LogP contribution in [0.25, 0.3) is 0 Å². The lowest BCUT2D eigenvalue weighted by molar-refractivity contribution is -0.115. The van der Waals surface area contributed by atoms with Crippen molar-refractivity contribution in [2.75, 3.05) is 10.6 Å². The molecule has 0 aliphatic carbocycles. The number of halogens is 2. The molecule has 0 heterocycles. The molecule has 2 aromatic rings. The first-order valence-electron chi connectivity index (χ1n) is 6.65. The van der Waals surface area contributed by atoms with E-state index in [0.717, 1.165) is 0 Å². The fourth-order valence-corrected chi connectivity index (χ4v) is 2.31. The summed E-state index contributed by atoms with van der Waals surface area (Å²) in [5.41, 5.74) is 1.63. The molecule has 0 spiro atoms. The first kappa shape index (κ1) is 16.3. The van der Waals surface area contributed by atoms with Gasteiger partial charge in [0.05, 0.1) is 0 Å². The second kappa shape index (κ2) is 7.29. The van der Waals surface area contributed by atoms with Crippen molar-refractivity contribution in [1.29, 1.82) is 0 Å². The van der Waals surface area contributed by atoms with Crippen LogP contribution in [0.2, 0.25) is 10.0 Å². The van der Waals surface area contributed by atoms with Crippen molar-refractivity contribution in [2.45, 2.75) is 13.3 Å². The average molecular weight is 337 g/mol. The summed E-state index contributed by atoms with van der Waals surface area (Å²) in [5, 5.41) is 6.32. The molecule has 6 heteroatoms. The number of carbonyl (C=O) groups is 2. The Kier molecular flexibility index (Phi) is 5.41. The van der Waals surface area contributed by atoms with Gasteiger partial charge in [0.25, 0.3) is 5.91 Å². The highest BCUT2D eigenvalue weighted by Gasteiger charge is 2.08. The topological polar surface area (TPSA) is 58.2 Å². The smallest absolute Gasteiger partial charge is 0.255 e. The number of rotatable bonds is 4. The maximum absolute atomic E-state index is 12.1. The van der Waals surface area contributed by atoms with Crippen LogP contribution in [0.1, 0.15) is 23.7 Å². The molecule has 0 aromatic heterocycles. The minimum atomic E-state index is -0.285. The molecule has 0 saturated heterocycles. The van der Waals surface area contributed by atoms with E-state index in [9.17, 15) is 9.59 Å². The van der Waals surface area contributed by atoms with Crippen LogP contribution in [0, 0.1) is 0 Å². The summed E-state index contributed by atoms with van der Waals surface area (Å²) in [5.74, 6) is -0.363. The third-order valence-corrected chi connectivity index (χ3v) is 3.31. The Bertz CT molecular complexity index is 680. The highest BCUT2D eigenvalue weighted by atomic mass is 35.5. The SMILES string of the molecule is CCC(=O)Nc1ccc(C(=O)Nc2cc(Cl)cc(Cl)c2)cc1. The van der Waals surface area contributed by atoms with Crippen molar-refractivity contribution < 1.29 is 9.59 Å². The molecule has 22 heavy (non-hydrogen) atoms. The van der Waals surface area contributed by atoms with Crippen molar-refractivity contribution >= 4 is 46.4 Å². The highest BCUT2D eigenvalue weighted by Crippen LogP contribution is 2.23. The molecule has 0 unspecified atom stereocenters. The van der Waals surface area contributed by atoms with Gasteiger partial charge < -0.3 is 10.6 Å². The van der Waals surface area contributed by atoms with Crippen LogP contribution in [-0.4, -0.2) is 11.8 Å². The van der Waals surface area contributed by atoms with E-state index < -0.39 is 0 Å². The Labute approximate surface area is 138 Å². The van der Waals surface area contributed by atoms with Crippen LogP contribution in [0.5, 0.6) is 0 Å². The van der Waals surface area contributed by atoms with Crippen LogP contribution in [0.15, 0.2) is 42.5 Å². The fourth-order valence-electron chi connectivity index (χ4n) is 1.78. The maximum atomic E-state index is 12.1. The summed E-state index contributed by atoms with van der Waals surface area (Å²) in [6.07, 6.45) is 0.401. The van der Waals surface area contributed by atoms with Crippen molar-refractivity contribution in [3.8, 4) is 0 Å². The van der Waals surface area contributed by atoms with Gasteiger partial charge in [-0.3, -0.25) is 9.59 Å². The molecule has 0 radical (unpaired) electrons. The standard InChI is InChI=1S/C16H14Cl2N2O2/c1-2-15(21)19-13-5-3-10(4-6-13)16(22)20-14-8-11(17)7-12(18)9-14/h3-9H,2H2,1H3,(H,19,21)(H,20,22). The molecule has 2 amide bonds. The number of hydrogen-bond acceptors (Lipinski definition) is 2. The minimum Gasteiger partial charge on any atom is -0.326 e. The Morgan fingerprint density at radius 1 is 0.909 bits per heavy atom. The number of benzene rings is 2. The monoisotopic (exact) mass is 336 g/mol. The Morgan fingerprint density at radius 3 is 2.05 bits per heavy atom. The van der Waals surface area contributed by atoms with E-state index >= 15 is 0 Å². The molecule has 0 fully saturated rings. The van der Waals surface area contributed by atoms with E-state index in [0.29, 0.717) is 33.4 Å². The third kappa shape index (κ3) is 4.48. The number of amides is 2. The number of nitrogens with one attached hydrogen (secondary N) is 2. The zero-order valence-corrected chi connectivity index (χ0v) is 13.3. The molecule has 0 bridgehead atoms. The van der Waals surface area contributed by atoms with E-state index in [-0.39, 0.29) is 11.8 Å². The maximum Gasteiger partial charge on any atom is 0.255 e. The van der Waals surface area contributed by atoms with Crippen molar-refractivity contribution in [2.24, 2.45) is 0 Å². The van der Waals surface area contributed by atoms with Gasteiger partial charge in [-0.25, -0.2) is 0 Å². The van der Waals surface area contributed by atoms with E-state index in [1.165, 1.54) is 0 Å². The largest absolute Gasteiger partial charge is 0.326 e. The lowest BCUT2D eigenvalue weighted by atomic mass is 10.2. The fraction of sp³-hybridized carbons (Fsp3) is 0.125. The number of hydrogen-bond donors (Lipinski definition) is 2. The molecule has 0 saturated carbocycles. The average Bonchev–Trinajstić information content (AvgIpc) is 2.46. The lowest BCUT2D eigenvalue weighted by Gasteiger charge is -2.08. The van der Waals surface area contributed by atoms with Crippen LogP contribution in [0.4, 0.5) is 11.4 Å². The second-order valence-corrected chi connectivity index (χ2v) is 5.46. The molecule has 0 atom stereocenters.